The first kappa shape index (κ1) is 15.8. The third-order valence-corrected chi connectivity index (χ3v) is 3.75. The molecule has 1 aliphatic rings. The maximum atomic E-state index is 13.5. The Morgan fingerprint density at radius 1 is 1.29 bits per heavy atom. The first-order valence-corrected chi connectivity index (χ1v) is 7.61. The Kier molecular flexibility index (Phi) is 5.99. The summed E-state index contributed by atoms with van der Waals surface area (Å²) in [7, 11) is 0. The fourth-order valence-corrected chi connectivity index (χ4v) is 2.58. The number of rotatable bonds is 5. The summed E-state index contributed by atoms with van der Waals surface area (Å²) >= 11 is 0. The minimum Gasteiger partial charge on any atom is -0.399 e. The van der Waals surface area contributed by atoms with E-state index in [0.29, 0.717) is 12.3 Å². The van der Waals surface area contributed by atoms with Gasteiger partial charge in [-0.1, -0.05) is 25.7 Å². The number of nitrogen functional groups attached to an aromatic ring is 1. The van der Waals surface area contributed by atoms with Gasteiger partial charge in [-0.05, 0) is 31.0 Å². The highest BCUT2D eigenvalue weighted by Crippen LogP contribution is 2.20. The number of carbonyl (C=O) groups excluding carboxylic acids is 1. The van der Waals surface area contributed by atoms with Gasteiger partial charge in [0, 0.05) is 5.69 Å². The molecule has 116 valence electrons. The average Bonchev–Trinajstić information content (AvgIpc) is 2.72. The number of nitrogens with two attached hydrogens (primary N) is 1. The molecule has 5 heteroatoms. The summed E-state index contributed by atoms with van der Waals surface area (Å²) in [4.78, 5) is 11.8. The van der Waals surface area contributed by atoms with Crippen LogP contribution in [0.3, 0.4) is 0 Å². The largest absolute Gasteiger partial charge is 0.399 e. The van der Waals surface area contributed by atoms with E-state index in [4.69, 9.17) is 10.5 Å². The first-order chi connectivity index (χ1) is 10.1. The summed E-state index contributed by atoms with van der Waals surface area (Å²) in [5.74, 6) is -0.740. The van der Waals surface area contributed by atoms with Crippen LogP contribution in [0.15, 0.2) is 18.2 Å². The Morgan fingerprint density at radius 2 is 2.00 bits per heavy atom. The van der Waals surface area contributed by atoms with Gasteiger partial charge in [-0.2, -0.15) is 0 Å². The molecule has 1 amide bonds. The van der Waals surface area contributed by atoms with Crippen molar-refractivity contribution in [1.29, 1.82) is 0 Å². The van der Waals surface area contributed by atoms with Crippen molar-refractivity contribution in [2.24, 2.45) is 0 Å². The molecule has 21 heavy (non-hydrogen) atoms. The lowest BCUT2D eigenvalue weighted by Gasteiger charge is -2.15. The molecule has 0 unspecified atom stereocenters. The van der Waals surface area contributed by atoms with Crippen molar-refractivity contribution in [3.05, 3.63) is 24.0 Å². The van der Waals surface area contributed by atoms with E-state index in [1.807, 2.05) is 0 Å². The summed E-state index contributed by atoms with van der Waals surface area (Å²) in [5.41, 5.74) is 6.11. The summed E-state index contributed by atoms with van der Waals surface area (Å²) in [6.07, 6.45) is 7.59. The Bertz CT molecular complexity index is 471. The van der Waals surface area contributed by atoms with Crippen molar-refractivity contribution >= 4 is 17.3 Å². The Morgan fingerprint density at radius 3 is 2.71 bits per heavy atom. The van der Waals surface area contributed by atoms with E-state index in [-0.39, 0.29) is 24.1 Å². The lowest BCUT2D eigenvalue weighted by Crippen LogP contribution is -2.18. The van der Waals surface area contributed by atoms with E-state index in [1.165, 1.54) is 43.9 Å². The molecule has 4 nitrogen and oxygen atoms in total. The molecular formula is C16H23FN2O2. The molecule has 1 saturated carbocycles. The van der Waals surface area contributed by atoms with Crippen LogP contribution in [0.2, 0.25) is 0 Å². The summed E-state index contributed by atoms with van der Waals surface area (Å²) < 4.78 is 19.2. The highest BCUT2D eigenvalue weighted by Gasteiger charge is 2.13. The summed E-state index contributed by atoms with van der Waals surface area (Å²) in [6, 6.07) is 4.12. The minimum absolute atomic E-state index is 0.120. The number of halogens is 1. The van der Waals surface area contributed by atoms with Crippen LogP contribution in [0.4, 0.5) is 15.8 Å². The van der Waals surface area contributed by atoms with Gasteiger partial charge in [0.15, 0.2) is 0 Å². The average molecular weight is 294 g/mol. The lowest BCUT2D eigenvalue weighted by atomic mass is 10.1. The van der Waals surface area contributed by atoms with Gasteiger partial charge in [-0.3, -0.25) is 4.79 Å². The quantitative estimate of drug-likeness (QED) is 0.645. The number of carbonyl (C=O) groups is 1. The lowest BCUT2D eigenvalue weighted by molar-refractivity contribution is -0.117. The fraction of sp³-hybridized carbons (Fsp3) is 0.562. The monoisotopic (exact) mass is 294 g/mol. The summed E-state index contributed by atoms with van der Waals surface area (Å²) in [5, 5.41) is 2.53. The van der Waals surface area contributed by atoms with Crippen molar-refractivity contribution in [3.63, 3.8) is 0 Å². The van der Waals surface area contributed by atoms with Crippen molar-refractivity contribution in [3.8, 4) is 0 Å². The van der Waals surface area contributed by atoms with E-state index in [0.717, 1.165) is 12.8 Å². The number of ether oxygens (including phenoxy) is 1. The van der Waals surface area contributed by atoms with E-state index < -0.39 is 5.82 Å². The van der Waals surface area contributed by atoms with Crippen molar-refractivity contribution in [2.75, 3.05) is 17.7 Å². The molecule has 2 rings (SSSR count). The van der Waals surface area contributed by atoms with Crippen LogP contribution in [0.5, 0.6) is 0 Å². The van der Waals surface area contributed by atoms with E-state index in [2.05, 4.69) is 5.32 Å². The van der Waals surface area contributed by atoms with Crippen LogP contribution < -0.4 is 11.1 Å². The zero-order valence-electron chi connectivity index (χ0n) is 12.2. The highest BCUT2D eigenvalue weighted by molar-refractivity contribution is 5.91. The molecule has 1 aliphatic carbocycles. The van der Waals surface area contributed by atoms with Crippen LogP contribution in [0.25, 0.3) is 0 Å². The molecule has 0 aromatic heterocycles. The molecule has 0 saturated heterocycles. The third-order valence-electron chi connectivity index (χ3n) is 3.75. The minimum atomic E-state index is -0.484. The van der Waals surface area contributed by atoms with Gasteiger partial charge < -0.3 is 15.8 Å². The Balaban J connectivity index is 1.73. The topological polar surface area (TPSA) is 64.3 Å². The van der Waals surface area contributed by atoms with Crippen molar-refractivity contribution < 1.29 is 13.9 Å². The maximum absolute atomic E-state index is 13.5. The van der Waals surface area contributed by atoms with E-state index in [9.17, 15) is 9.18 Å². The molecule has 1 aromatic rings. The van der Waals surface area contributed by atoms with Gasteiger partial charge in [-0.15, -0.1) is 0 Å². The highest BCUT2D eigenvalue weighted by atomic mass is 19.1. The second kappa shape index (κ2) is 7.98. The van der Waals surface area contributed by atoms with Gasteiger partial charge in [0.1, 0.15) is 5.82 Å². The third kappa shape index (κ3) is 5.34. The zero-order valence-corrected chi connectivity index (χ0v) is 12.2. The second-order valence-electron chi connectivity index (χ2n) is 5.52. The van der Waals surface area contributed by atoms with Gasteiger partial charge in [-0.25, -0.2) is 4.39 Å². The molecule has 0 aliphatic heterocycles. The number of hydrogen-bond donors (Lipinski definition) is 2. The second-order valence-corrected chi connectivity index (χ2v) is 5.52. The van der Waals surface area contributed by atoms with Gasteiger partial charge in [0.25, 0.3) is 0 Å². The number of hydrogen-bond acceptors (Lipinski definition) is 3. The number of anilines is 2. The zero-order chi connectivity index (χ0) is 15.1. The van der Waals surface area contributed by atoms with E-state index in [1.54, 1.807) is 0 Å². The van der Waals surface area contributed by atoms with Crippen LogP contribution >= 0.6 is 0 Å². The van der Waals surface area contributed by atoms with Crippen molar-refractivity contribution in [2.45, 2.75) is 51.0 Å². The smallest absolute Gasteiger partial charge is 0.226 e. The molecule has 0 radical (unpaired) electrons. The normalized spacial score (nSPS) is 16.4. The molecule has 1 fully saturated rings. The molecule has 3 N–H and O–H groups in total. The molecule has 0 spiro atoms. The number of benzene rings is 1. The number of nitrogens with one attached hydrogen (secondary N) is 1. The van der Waals surface area contributed by atoms with Gasteiger partial charge in [0.2, 0.25) is 5.91 Å². The molecule has 0 heterocycles. The van der Waals surface area contributed by atoms with Crippen LogP contribution in [-0.2, 0) is 9.53 Å². The first-order valence-electron chi connectivity index (χ1n) is 7.61. The molecule has 0 bridgehead atoms. The van der Waals surface area contributed by atoms with Crippen molar-refractivity contribution in [1.82, 2.24) is 0 Å². The van der Waals surface area contributed by atoms with Gasteiger partial charge >= 0.3 is 0 Å². The Hall–Kier alpha value is -1.62. The molecular weight excluding hydrogens is 271 g/mol. The SMILES string of the molecule is Nc1ccc(F)c(NC(=O)CCOC2CCCCCC2)c1. The van der Waals surface area contributed by atoms with Crippen LogP contribution in [0, 0.1) is 5.82 Å². The Labute approximate surface area is 124 Å². The molecule has 0 atom stereocenters. The predicted molar refractivity (Wildman–Crippen MR) is 81.5 cm³/mol. The van der Waals surface area contributed by atoms with E-state index >= 15 is 0 Å². The summed E-state index contributed by atoms with van der Waals surface area (Å²) in [6.45, 7) is 0.375. The fourth-order valence-electron chi connectivity index (χ4n) is 2.58. The predicted octanol–water partition coefficient (Wildman–Crippen LogP) is 3.48. The number of amides is 1. The standard InChI is InChI=1S/C16H23FN2O2/c17-14-8-7-12(18)11-15(14)19-16(20)9-10-21-13-5-3-1-2-4-6-13/h7-8,11,13H,1-6,9-10,18H2,(H,19,20). The van der Waals surface area contributed by atoms with Crippen LogP contribution in [-0.4, -0.2) is 18.6 Å². The van der Waals surface area contributed by atoms with Crippen LogP contribution in [0.1, 0.15) is 44.9 Å². The van der Waals surface area contributed by atoms with Gasteiger partial charge in [0.05, 0.1) is 24.8 Å². The maximum Gasteiger partial charge on any atom is 0.226 e. The molecule has 1 aromatic carbocycles.